The molecular formula is C14H20ClNO2. The second kappa shape index (κ2) is 5.37. The van der Waals surface area contributed by atoms with Gasteiger partial charge in [0, 0.05) is 22.7 Å². The summed E-state index contributed by atoms with van der Waals surface area (Å²) >= 11 is 6.34. The summed E-state index contributed by atoms with van der Waals surface area (Å²) in [5, 5.41) is 4.15. The van der Waals surface area contributed by atoms with Gasteiger partial charge in [-0.3, -0.25) is 0 Å². The van der Waals surface area contributed by atoms with E-state index in [4.69, 9.17) is 21.1 Å². The molecule has 1 N–H and O–H groups in total. The molecule has 0 bridgehead atoms. The third-order valence-corrected chi connectivity index (χ3v) is 4.13. The molecule has 0 amide bonds. The summed E-state index contributed by atoms with van der Waals surface area (Å²) in [6.45, 7) is 5.07. The van der Waals surface area contributed by atoms with Gasteiger partial charge in [-0.15, -0.1) is 0 Å². The minimum absolute atomic E-state index is 0.338. The molecule has 0 spiro atoms. The first kappa shape index (κ1) is 13.5. The summed E-state index contributed by atoms with van der Waals surface area (Å²) in [6.07, 6.45) is 2.32. The second-order valence-electron chi connectivity index (χ2n) is 4.69. The van der Waals surface area contributed by atoms with Crippen LogP contribution < -0.4 is 14.8 Å². The zero-order valence-electron chi connectivity index (χ0n) is 11.4. The maximum atomic E-state index is 6.34. The van der Waals surface area contributed by atoms with Crippen molar-refractivity contribution in [3.8, 4) is 11.5 Å². The Morgan fingerprint density at radius 3 is 2.28 bits per heavy atom. The van der Waals surface area contributed by atoms with E-state index in [1.54, 1.807) is 14.2 Å². The first-order valence-corrected chi connectivity index (χ1v) is 6.63. The van der Waals surface area contributed by atoms with Crippen molar-refractivity contribution in [3.63, 3.8) is 0 Å². The van der Waals surface area contributed by atoms with Gasteiger partial charge in [0.2, 0.25) is 0 Å². The van der Waals surface area contributed by atoms with Crippen LogP contribution in [0, 0.1) is 13.8 Å². The number of nitrogens with one attached hydrogen (secondary N) is 1. The number of rotatable bonds is 3. The normalized spacial score (nSPS) is 19.1. The first-order chi connectivity index (χ1) is 8.61. The van der Waals surface area contributed by atoms with Crippen molar-refractivity contribution >= 4 is 11.6 Å². The summed E-state index contributed by atoms with van der Waals surface area (Å²) in [5.41, 5.74) is 3.21. The van der Waals surface area contributed by atoms with Gasteiger partial charge in [0.1, 0.15) is 11.5 Å². The highest BCUT2D eigenvalue weighted by atomic mass is 35.5. The van der Waals surface area contributed by atoms with Crippen LogP contribution in [0.2, 0.25) is 5.02 Å². The van der Waals surface area contributed by atoms with E-state index < -0.39 is 0 Å². The molecule has 1 heterocycles. The molecule has 100 valence electrons. The van der Waals surface area contributed by atoms with E-state index in [1.807, 2.05) is 13.8 Å². The summed E-state index contributed by atoms with van der Waals surface area (Å²) in [7, 11) is 3.36. The van der Waals surface area contributed by atoms with Crippen LogP contribution in [-0.4, -0.2) is 20.8 Å². The number of benzene rings is 1. The van der Waals surface area contributed by atoms with Gasteiger partial charge in [-0.1, -0.05) is 11.6 Å². The molecule has 0 saturated carbocycles. The van der Waals surface area contributed by atoms with Crippen molar-refractivity contribution in [1.29, 1.82) is 0 Å². The van der Waals surface area contributed by atoms with Gasteiger partial charge >= 0.3 is 0 Å². The lowest BCUT2D eigenvalue weighted by Crippen LogP contribution is -2.16. The molecule has 2 rings (SSSR count). The van der Waals surface area contributed by atoms with Crippen LogP contribution in [-0.2, 0) is 0 Å². The molecule has 1 aliphatic rings. The molecule has 1 unspecified atom stereocenters. The van der Waals surface area contributed by atoms with E-state index in [-0.39, 0.29) is 0 Å². The van der Waals surface area contributed by atoms with Gasteiger partial charge in [0.25, 0.3) is 0 Å². The van der Waals surface area contributed by atoms with Crippen LogP contribution >= 0.6 is 11.6 Å². The average molecular weight is 270 g/mol. The molecular weight excluding hydrogens is 250 g/mol. The minimum atomic E-state index is 0.338. The lowest BCUT2D eigenvalue weighted by molar-refractivity contribution is 0.387. The van der Waals surface area contributed by atoms with Crippen molar-refractivity contribution in [1.82, 2.24) is 5.32 Å². The predicted octanol–water partition coefficient (Wildman–Crippen LogP) is 3.40. The molecule has 18 heavy (non-hydrogen) atoms. The largest absolute Gasteiger partial charge is 0.496 e. The van der Waals surface area contributed by atoms with Crippen LogP contribution in [0.15, 0.2) is 0 Å². The molecule has 1 fully saturated rings. The quantitative estimate of drug-likeness (QED) is 0.912. The van der Waals surface area contributed by atoms with Crippen LogP contribution in [0.25, 0.3) is 0 Å². The third-order valence-electron chi connectivity index (χ3n) is 3.68. The Morgan fingerprint density at radius 2 is 1.78 bits per heavy atom. The number of halogens is 1. The predicted molar refractivity (Wildman–Crippen MR) is 74.0 cm³/mol. The highest BCUT2D eigenvalue weighted by molar-refractivity contribution is 6.33. The van der Waals surface area contributed by atoms with Crippen LogP contribution in [0.1, 0.15) is 35.6 Å². The summed E-state index contributed by atoms with van der Waals surface area (Å²) in [6, 6.07) is 0.338. The van der Waals surface area contributed by atoms with E-state index in [0.717, 1.165) is 35.6 Å². The molecule has 1 aromatic carbocycles. The third kappa shape index (κ3) is 2.06. The molecule has 0 aromatic heterocycles. The number of hydrogen-bond acceptors (Lipinski definition) is 3. The van der Waals surface area contributed by atoms with Crippen LogP contribution in [0.5, 0.6) is 11.5 Å². The maximum absolute atomic E-state index is 6.34. The first-order valence-electron chi connectivity index (χ1n) is 6.25. The van der Waals surface area contributed by atoms with Crippen molar-refractivity contribution in [3.05, 3.63) is 21.7 Å². The zero-order chi connectivity index (χ0) is 13.3. The smallest absolute Gasteiger partial charge is 0.141 e. The van der Waals surface area contributed by atoms with Crippen LogP contribution in [0.4, 0.5) is 0 Å². The monoisotopic (exact) mass is 269 g/mol. The SMILES string of the molecule is COc1c(C)c(C2CCCN2)c(OC)c(C)c1Cl. The van der Waals surface area contributed by atoms with E-state index in [0.29, 0.717) is 11.1 Å². The molecule has 1 atom stereocenters. The molecule has 1 aromatic rings. The maximum Gasteiger partial charge on any atom is 0.141 e. The van der Waals surface area contributed by atoms with Crippen LogP contribution in [0.3, 0.4) is 0 Å². The number of hydrogen-bond donors (Lipinski definition) is 1. The minimum Gasteiger partial charge on any atom is -0.496 e. The summed E-state index contributed by atoms with van der Waals surface area (Å²) in [5.74, 6) is 1.65. The Morgan fingerprint density at radius 1 is 1.11 bits per heavy atom. The van der Waals surface area contributed by atoms with Crippen molar-refractivity contribution in [2.75, 3.05) is 20.8 Å². The Balaban J connectivity index is 2.64. The van der Waals surface area contributed by atoms with Crippen molar-refractivity contribution < 1.29 is 9.47 Å². The molecule has 0 aliphatic carbocycles. The van der Waals surface area contributed by atoms with Gasteiger partial charge in [0.15, 0.2) is 0 Å². The van der Waals surface area contributed by atoms with Crippen molar-refractivity contribution in [2.45, 2.75) is 32.7 Å². The average Bonchev–Trinajstić information content (AvgIpc) is 2.87. The molecule has 3 nitrogen and oxygen atoms in total. The van der Waals surface area contributed by atoms with Gasteiger partial charge in [-0.25, -0.2) is 0 Å². The zero-order valence-corrected chi connectivity index (χ0v) is 12.1. The standard InChI is InChI=1S/C14H20ClNO2/c1-8-11(10-6-5-7-16-10)13(17-3)9(2)12(15)14(8)18-4/h10,16H,5-7H2,1-4H3. The number of ether oxygens (including phenoxy) is 2. The van der Waals surface area contributed by atoms with Crippen molar-refractivity contribution in [2.24, 2.45) is 0 Å². The fourth-order valence-corrected chi connectivity index (χ4v) is 3.09. The molecule has 0 radical (unpaired) electrons. The van der Waals surface area contributed by atoms with E-state index >= 15 is 0 Å². The summed E-state index contributed by atoms with van der Waals surface area (Å²) < 4.78 is 11.0. The van der Waals surface area contributed by atoms with E-state index in [1.165, 1.54) is 12.0 Å². The Labute approximate surface area is 113 Å². The second-order valence-corrected chi connectivity index (χ2v) is 5.07. The fourth-order valence-electron chi connectivity index (χ4n) is 2.79. The Kier molecular flexibility index (Phi) is 4.03. The molecule has 1 aliphatic heterocycles. The van der Waals surface area contributed by atoms with Gasteiger partial charge in [-0.05, 0) is 33.2 Å². The van der Waals surface area contributed by atoms with Gasteiger partial charge in [-0.2, -0.15) is 0 Å². The van der Waals surface area contributed by atoms with Gasteiger partial charge < -0.3 is 14.8 Å². The molecule has 4 heteroatoms. The number of methoxy groups -OCH3 is 2. The lowest BCUT2D eigenvalue weighted by Gasteiger charge is -2.23. The Hall–Kier alpha value is -0.930. The lowest BCUT2D eigenvalue weighted by atomic mass is 9.95. The highest BCUT2D eigenvalue weighted by Gasteiger charge is 2.27. The van der Waals surface area contributed by atoms with Gasteiger partial charge in [0.05, 0.1) is 19.2 Å². The Bertz CT molecular complexity index is 454. The fraction of sp³-hybridized carbons (Fsp3) is 0.571. The highest BCUT2D eigenvalue weighted by Crippen LogP contribution is 2.45. The van der Waals surface area contributed by atoms with E-state index in [2.05, 4.69) is 5.32 Å². The summed E-state index contributed by atoms with van der Waals surface area (Å²) in [4.78, 5) is 0. The topological polar surface area (TPSA) is 30.5 Å². The molecule has 1 saturated heterocycles. The van der Waals surface area contributed by atoms with E-state index in [9.17, 15) is 0 Å².